The fraction of sp³-hybridized carbons (Fsp3) is 0.619. The van der Waals surface area contributed by atoms with Gasteiger partial charge >= 0.3 is 0 Å². The number of rotatable bonds is 4. The van der Waals surface area contributed by atoms with E-state index in [1.807, 2.05) is 4.90 Å². The number of hydrogen-bond acceptors (Lipinski definition) is 3. The predicted octanol–water partition coefficient (Wildman–Crippen LogP) is 2.95. The van der Waals surface area contributed by atoms with Gasteiger partial charge in [-0.1, -0.05) is 6.92 Å². The van der Waals surface area contributed by atoms with Crippen molar-refractivity contribution in [1.82, 2.24) is 15.1 Å². The Morgan fingerprint density at radius 3 is 2.36 bits per heavy atom. The molecular weight excluding hydrogens is 381 g/mol. The fourth-order valence-corrected chi connectivity index (χ4v) is 4.13. The molecule has 1 atom stereocenters. The van der Waals surface area contributed by atoms with Crippen LogP contribution in [-0.4, -0.2) is 60.9 Å². The SMILES string of the molecule is CC(CC(=O)N1CCCN(C(=O)c2ccc(F)cc2)CC1)C1CCNCC1.Cl. The molecule has 3 rings (SSSR count). The molecule has 1 aromatic carbocycles. The standard InChI is InChI=1S/C21H30FN3O2.ClH/c1-16(17-7-9-23-10-8-17)15-20(26)24-11-2-12-25(14-13-24)21(27)18-3-5-19(22)6-4-18;/h3-6,16-17,23H,2,7-15H2,1H3;1H. The lowest BCUT2D eigenvalue weighted by Gasteiger charge is -2.30. The summed E-state index contributed by atoms with van der Waals surface area (Å²) in [5.74, 6) is 0.796. The van der Waals surface area contributed by atoms with E-state index in [2.05, 4.69) is 12.2 Å². The summed E-state index contributed by atoms with van der Waals surface area (Å²) in [4.78, 5) is 29.1. The summed E-state index contributed by atoms with van der Waals surface area (Å²) in [6.07, 6.45) is 3.67. The number of amides is 2. The second-order valence-electron chi connectivity index (χ2n) is 7.80. The Morgan fingerprint density at radius 1 is 1.07 bits per heavy atom. The molecule has 0 aliphatic carbocycles. The van der Waals surface area contributed by atoms with Crippen LogP contribution in [0.15, 0.2) is 24.3 Å². The van der Waals surface area contributed by atoms with Gasteiger partial charge in [0.15, 0.2) is 0 Å². The molecular formula is C21H31ClFN3O2. The van der Waals surface area contributed by atoms with Crippen molar-refractivity contribution in [2.45, 2.75) is 32.6 Å². The summed E-state index contributed by atoms with van der Waals surface area (Å²) >= 11 is 0. The van der Waals surface area contributed by atoms with Gasteiger partial charge in [-0.25, -0.2) is 4.39 Å². The lowest BCUT2D eigenvalue weighted by Crippen LogP contribution is -2.39. The van der Waals surface area contributed by atoms with Crippen molar-refractivity contribution >= 4 is 24.2 Å². The fourth-order valence-electron chi connectivity index (χ4n) is 4.13. The highest BCUT2D eigenvalue weighted by atomic mass is 35.5. The zero-order valence-corrected chi connectivity index (χ0v) is 17.3. The molecule has 0 bridgehead atoms. The van der Waals surface area contributed by atoms with E-state index in [1.54, 1.807) is 4.90 Å². The molecule has 1 unspecified atom stereocenters. The van der Waals surface area contributed by atoms with Crippen molar-refractivity contribution in [1.29, 1.82) is 0 Å². The number of nitrogens with one attached hydrogen (secondary N) is 1. The first-order valence-electron chi connectivity index (χ1n) is 10.1. The Balaban J connectivity index is 0.00000280. The maximum atomic E-state index is 13.1. The van der Waals surface area contributed by atoms with Crippen LogP contribution < -0.4 is 5.32 Å². The number of carbonyl (C=O) groups excluding carboxylic acids is 2. The number of halogens is 2. The van der Waals surface area contributed by atoms with Crippen molar-refractivity contribution in [3.05, 3.63) is 35.6 Å². The molecule has 1 aromatic rings. The minimum Gasteiger partial charge on any atom is -0.341 e. The molecule has 0 spiro atoms. The van der Waals surface area contributed by atoms with E-state index in [1.165, 1.54) is 24.3 Å². The van der Waals surface area contributed by atoms with E-state index >= 15 is 0 Å². The average Bonchev–Trinajstić information content (AvgIpc) is 2.95. The van der Waals surface area contributed by atoms with Gasteiger partial charge in [-0.05, 0) is 68.5 Å². The van der Waals surface area contributed by atoms with Gasteiger partial charge in [0.05, 0.1) is 0 Å². The molecule has 2 amide bonds. The Labute approximate surface area is 173 Å². The maximum absolute atomic E-state index is 13.1. The molecule has 2 aliphatic rings. The number of carbonyl (C=O) groups is 2. The van der Waals surface area contributed by atoms with E-state index in [9.17, 15) is 14.0 Å². The highest BCUT2D eigenvalue weighted by molar-refractivity contribution is 5.94. The van der Waals surface area contributed by atoms with Gasteiger partial charge in [-0.2, -0.15) is 0 Å². The summed E-state index contributed by atoms with van der Waals surface area (Å²) in [5.41, 5.74) is 0.496. The zero-order chi connectivity index (χ0) is 19.2. The van der Waals surface area contributed by atoms with Gasteiger partial charge < -0.3 is 15.1 Å². The third kappa shape index (κ3) is 5.92. The maximum Gasteiger partial charge on any atom is 0.253 e. The van der Waals surface area contributed by atoms with Crippen molar-refractivity contribution in [3.8, 4) is 0 Å². The summed E-state index contributed by atoms with van der Waals surface area (Å²) in [6, 6.07) is 5.66. The normalized spacial score (nSPS) is 19.5. The molecule has 0 saturated carbocycles. The topological polar surface area (TPSA) is 52.7 Å². The molecule has 2 aliphatic heterocycles. The molecule has 5 nitrogen and oxygen atoms in total. The first kappa shape index (κ1) is 22.6. The summed E-state index contributed by atoms with van der Waals surface area (Å²) in [7, 11) is 0. The van der Waals surface area contributed by atoms with Gasteiger partial charge in [0, 0.05) is 38.2 Å². The van der Waals surface area contributed by atoms with Gasteiger partial charge in [0.2, 0.25) is 5.91 Å². The monoisotopic (exact) mass is 411 g/mol. The first-order chi connectivity index (χ1) is 13.0. The van der Waals surface area contributed by atoms with Crippen LogP contribution in [0.1, 0.15) is 43.0 Å². The van der Waals surface area contributed by atoms with Crippen LogP contribution in [-0.2, 0) is 4.79 Å². The van der Waals surface area contributed by atoms with Crippen molar-refractivity contribution < 1.29 is 14.0 Å². The Kier molecular flexibility index (Phi) is 8.70. The highest BCUT2D eigenvalue weighted by Crippen LogP contribution is 2.25. The molecule has 2 heterocycles. The van der Waals surface area contributed by atoms with Crippen LogP contribution in [0.4, 0.5) is 4.39 Å². The summed E-state index contributed by atoms with van der Waals surface area (Å²) in [5, 5.41) is 3.37. The number of piperidine rings is 1. The van der Waals surface area contributed by atoms with Crippen LogP contribution in [0, 0.1) is 17.7 Å². The minimum atomic E-state index is -0.345. The van der Waals surface area contributed by atoms with Crippen molar-refractivity contribution in [3.63, 3.8) is 0 Å². The van der Waals surface area contributed by atoms with Crippen molar-refractivity contribution in [2.75, 3.05) is 39.3 Å². The lowest BCUT2D eigenvalue weighted by molar-refractivity contribution is -0.132. The van der Waals surface area contributed by atoms with Crippen LogP contribution in [0.25, 0.3) is 0 Å². The molecule has 156 valence electrons. The average molecular weight is 412 g/mol. The molecule has 7 heteroatoms. The summed E-state index contributed by atoms with van der Waals surface area (Å²) < 4.78 is 13.1. The number of nitrogens with zero attached hydrogens (tertiary/aromatic N) is 2. The third-order valence-electron chi connectivity index (χ3n) is 5.91. The Bertz CT molecular complexity index is 650. The zero-order valence-electron chi connectivity index (χ0n) is 16.5. The summed E-state index contributed by atoms with van der Waals surface area (Å²) in [6.45, 7) is 6.72. The van der Waals surface area contributed by atoms with Crippen LogP contribution in [0.3, 0.4) is 0 Å². The smallest absolute Gasteiger partial charge is 0.253 e. The van der Waals surface area contributed by atoms with Gasteiger partial charge in [-0.3, -0.25) is 9.59 Å². The van der Waals surface area contributed by atoms with Gasteiger partial charge in [0.1, 0.15) is 5.82 Å². The van der Waals surface area contributed by atoms with E-state index in [0.717, 1.165) is 32.4 Å². The molecule has 28 heavy (non-hydrogen) atoms. The molecule has 0 aromatic heterocycles. The van der Waals surface area contributed by atoms with E-state index in [0.29, 0.717) is 50.0 Å². The minimum absolute atomic E-state index is 0. The third-order valence-corrected chi connectivity index (χ3v) is 5.91. The van der Waals surface area contributed by atoms with E-state index in [4.69, 9.17) is 0 Å². The van der Waals surface area contributed by atoms with Gasteiger partial charge in [-0.15, -0.1) is 12.4 Å². The van der Waals surface area contributed by atoms with E-state index < -0.39 is 0 Å². The van der Waals surface area contributed by atoms with Gasteiger partial charge in [0.25, 0.3) is 5.91 Å². The Morgan fingerprint density at radius 2 is 1.68 bits per heavy atom. The van der Waals surface area contributed by atoms with Crippen LogP contribution in [0.5, 0.6) is 0 Å². The lowest BCUT2D eigenvalue weighted by atomic mass is 9.84. The molecule has 0 radical (unpaired) electrons. The second kappa shape index (κ2) is 10.8. The number of hydrogen-bond donors (Lipinski definition) is 1. The largest absolute Gasteiger partial charge is 0.341 e. The molecule has 2 fully saturated rings. The quantitative estimate of drug-likeness (QED) is 0.828. The highest BCUT2D eigenvalue weighted by Gasteiger charge is 2.26. The van der Waals surface area contributed by atoms with Crippen LogP contribution in [0.2, 0.25) is 0 Å². The van der Waals surface area contributed by atoms with Crippen molar-refractivity contribution in [2.24, 2.45) is 11.8 Å². The predicted molar refractivity (Wildman–Crippen MR) is 110 cm³/mol. The second-order valence-corrected chi connectivity index (χ2v) is 7.80. The first-order valence-corrected chi connectivity index (χ1v) is 10.1. The Hall–Kier alpha value is -1.66. The van der Waals surface area contributed by atoms with Crippen LogP contribution >= 0.6 is 12.4 Å². The number of benzene rings is 1. The molecule has 2 saturated heterocycles. The molecule has 1 N–H and O–H groups in total. The van der Waals surface area contributed by atoms with E-state index in [-0.39, 0.29) is 30.0 Å².